The van der Waals surface area contributed by atoms with Gasteiger partial charge in [0.1, 0.15) is 17.3 Å². The Hall–Kier alpha value is -3.41. The molecule has 6 nitrogen and oxygen atoms in total. The van der Waals surface area contributed by atoms with Crippen LogP contribution in [0.5, 0.6) is 11.5 Å². The molecule has 154 valence electrons. The first-order valence-electron chi connectivity index (χ1n) is 10.2. The number of aryl methyl sites for hydroxylation is 1. The van der Waals surface area contributed by atoms with Gasteiger partial charge >= 0.3 is 0 Å². The van der Waals surface area contributed by atoms with E-state index in [2.05, 4.69) is 0 Å². The second-order valence-corrected chi connectivity index (χ2v) is 7.33. The number of fused-ring (bicyclic) bond motifs is 1. The van der Waals surface area contributed by atoms with Crippen molar-refractivity contribution in [3.05, 3.63) is 71.2 Å². The Kier molecular flexibility index (Phi) is 5.65. The number of hydrogen-bond donors (Lipinski definition) is 1. The maximum atomic E-state index is 13.0. The number of amides is 1. The molecule has 0 unspecified atom stereocenters. The first kappa shape index (κ1) is 19.9. The number of phenolic OH excluding ortho intramolecular Hbond substituents is 1. The van der Waals surface area contributed by atoms with Gasteiger partial charge in [-0.05, 0) is 55.0 Å². The molecule has 0 saturated heterocycles. The number of hydrogen-bond acceptors (Lipinski definition) is 5. The number of phenols is 1. The molecule has 0 atom stereocenters. The minimum Gasteiger partial charge on any atom is -0.508 e. The van der Waals surface area contributed by atoms with Gasteiger partial charge in [-0.2, -0.15) is 0 Å². The quantitative estimate of drug-likeness (QED) is 0.720. The van der Waals surface area contributed by atoms with Crippen LogP contribution in [-0.2, 0) is 19.3 Å². The zero-order chi connectivity index (χ0) is 21.1. The van der Waals surface area contributed by atoms with E-state index < -0.39 is 0 Å². The molecule has 1 aliphatic heterocycles. The highest BCUT2D eigenvalue weighted by atomic mass is 16.5. The number of benzene rings is 2. The molecular formula is C24H25N3O3. The number of carbonyl (C=O) groups is 1. The smallest absolute Gasteiger partial charge is 0.253 e. The molecule has 0 saturated carbocycles. The minimum atomic E-state index is 0.0142. The summed E-state index contributed by atoms with van der Waals surface area (Å²) >= 11 is 0. The third kappa shape index (κ3) is 3.99. The summed E-state index contributed by atoms with van der Waals surface area (Å²) < 4.78 is 5.19. The molecule has 4 rings (SSSR count). The van der Waals surface area contributed by atoms with Crippen LogP contribution in [0.15, 0.2) is 48.5 Å². The van der Waals surface area contributed by atoms with Gasteiger partial charge in [-0.15, -0.1) is 0 Å². The van der Waals surface area contributed by atoms with Crippen molar-refractivity contribution in [1.82, 2.24) is 14.9 Å². The van der Waals surface area contributed by atoms with E-state index in [-0.39, 0.29) is 11.7 Å². The lowest BCUT2D eigenvalue weighted by Gasteiger charge is -2.20. The highest BCUT2D eigenvalue weighted by molar-refractivity contribution is 5.94. The maximum absolute atomic E-state index is 13.0. The van der Waals surface area contributed by atoms with Gasteiger partial charge in [0.25, 0.3) is 5.91 Å². The van der Waals surface area contributed by atoms with Crippen molar-refractivity contribution in [2.75, 3.05) is 20.2 Å². The highest BCUT2D eigenvalue weighted by Crippen LogP contribution is 2.28. The number of nitrogens with zero attached hydrogens (tertiary/aromatic N) is 3. The Morgan fingerprint density at radius 3 is 2.40 bits per heavy atom. The monoisotopic (exact) mass is 403 g/mol. The van der Waals surface area contributed by atoms with Gasteiger partial charge in [0.2, 0.25) is 0 Å². The van der Waals surface area contributed by atoms with E-state index in [4.69, 9.17) is 14.7 Å². The first-order chi connectivity index (χ1) is 14.6. The van der Waals surface area contributed by atoms with Crippen LogP contribution < -0.4 is 4.74 Å². The van der Waals surface area contributed by atoms with Crippen LogP contribution in [0.4, 0.5) is 0 Å². The summed E-state index contributed by atoms with van der Waals surface area (Å²) in [7, 11) is 1.61. The van der Waals surface area contributed by atoms with Crippen LogP contribution in [0.1, 0.15) is 34.4 Å². The molecule has 0 radical (unpaired) electrons. The van der Waals surface area contributed by atoms with E-state index in [0.29, 0.717) is 31.5 Å². The van der Waals surface area contributed by atoms with Crippen molar-refractivity contribution in [2.45, 2.75) is 26.2 Å². The maximum Gasteiger partial charge on any atom is 0.253 e. The molecule has 0 spiro atoms. The summed E-state index contributed by atoms with van der Waals surface area (Å²) in [5.41, 5.74) is 4.60. The van der Waals surface area contributed by atoms with Crippen molar-refractivity contribution in [2.24, 2.45) is 0 Å². The van der Waals surface area contributed by atoms with Crippen LogP contribution in [0.2, 0.25) is 0 Å². The van der Waals surface area contributed by atoms with Gasteiger partial charge in [-0.1, -0.05) is 6.92 Å². The van der Waals surface area contributed by atoms with Gasteiger partial charge in [0.15, 0.2) is 0 Å². The molecule has 30 heavy (non-hydrogen) atoms. The van der Waals surface area contributed by atoms with E-state index in [0.717, 1.165) is 40.5 Å². The summed E-state index contributed by atoms with van der Waals surface area (Å²) in [6, 6.07) is 14.3. The lowest BCUT2D eigenvalue weighted by molar-refractivity contribution is 0.0763. The van der Waals surface area contributed by atoms with Crippen LogP contribution in [-0.4, -0.2) is 46.1 Å². The number of carbonyl (C=O) groups excluding carboxylic acids is 1. The molecule has 0 bridgehead atoms. The summed E-state index contributed by atoms with van der Waals surface area (Å²) in [5, 5.41) is 9.64. The fourth-order valence-electron chi connectivity index (χ4n) is 3.79. The first-order valence-corrected chi connectivity index (χ1v) is 10.2. The number of methoxy groups -OCH3 is 1. The predicted octanol–water partition coefficient (Wildman–Crippen LogP) is 3.66. The van der Waals surface area contributed by atoms with E-state index >= 15 is 0 Å². The normalized spacial score (nSPS) is 13.5. The zero-order valence-electron chi connectivity index (χ0n) is 17.3. The van der Waals surface area contributed by atoms with E-state index in [1.165, 1.54) is 0 Å². The molecule has 1 N–H and O–H groups in total. The summed E-state index contributed by atoms with van der Waals surface area (Å²) in [4.78, 5) is 24.5. The number of rotatable bonds is 4. The average molecular weight is 403 g/mol. The highest BCUT2D eigenvalue weighted by Gasteiger charge is 2.24. The lowest BCUT2D eigenvalue weighted by Crippen LogP contribution is -2.33. The number of aromatic hydroxyl groups is 1. The molecule has 1 aliphatic rings. The van der Waals surface area contributed by atoms with Crippen LogP contribution in [0.25, 0.3) is 11.3 Å². The molecule has 2 heterocycles. The van der Waals surface area contributed by atoms with Gasteiger partial charge in [-0.25, -0.2) is 9.97 Å². The van der Waals surface area contributed by atoms with Crippen molar-refractivity contribution >= 4 is 5.91 Å². The minimum absolute atomic E-state index is 0.0142. The predicted molar refractivity (Wildman–Crippen MR) is 115 cm³/mol. The lowest BCUT2D eigenvalue weighted by atomic mass is 10.0. The van der Waals surface area contributed by atoms with Crippen LogP contribution >= 0.6 is 0 Å². The zero-order valence-corrected chi connectivity index (χ0v) is 17.3. The fraction of sp³-hybridized carbons (Fsp3) is 0.292. The van der Waals surface area contributed by atoms with Crippen molar-refractivity contribution < 1.29 is 14.6 Å². The molecule has 0 fully saturated rings. The molecule has 6 heteroatoms. The topological polar surface area (TPSA) is 75.6 Å². The summed E-state index contributed by atoms with van der Waals surface area (Å²) in [5.74, 6) is 1.77. The summed E-state index contributed by atoms with van der Waals surface area (Å²) in [6.45, 7) is 3.27. The van der Waals surface area contributed by atoms with Crippen molar-refractivity contribution in [3.63, 3.8) is 0 Å². The third-order valence-corrected chi connectivity index (χ3v) is 5.47. The van der Waals surface area contributed by atoms with Crippen LogP contribution in [0.3, 0.4) is 0 Å². The van der Waals surface area contributed by atoms with Gasteiger partial charge in [0, 0.05) is 48.3 Å². The van der Waals surface area contributed by atoms with Gasteiger partial charge in [0.05, 0.1) is 12.8 Å². The van der Waals surface area contributed by atoms with Gasteiger partial charge in [-0.3, -0.25) is 4.79 Å². The molecule has 2 aromatic carbocycles. The largest absolute Gasteiger partial charge is 0.508 e. The number of aromatic nitrogens is 2. The van der Waals surface area contributed by atoms with Crippen molar-refractivity contribution in [1.29, 1.82) is 0 Å². The van der Waals surface area contributed by atoms with Crippen molar-refractivity contribution in [3.8, 4) is 22.8 Å². The Morgan fingerprint density at radius 1 is 1.03 bits per heavy atom. The SMILES string of the molecule is CCc1nc2c(c(-c3ccc(O)cc3)n1)CCN(C(=O)c1ccc(OC)cc1)CC2. The van der Waals surface area contributed by atoms with Crippen LogP contribution in [0, 0.1) is 0 Å². The second kappa shape index (κ2) is 8.53. The Bertz CT molecular complexity index is 1050. The Labute approximate surface area is 176 Å². The molecule has 1 amide bonds. The standard InChI is InChI=1S/C24H25N3O3/c1-3-22-25-21-13-15-27(24(29)17-6-10-19(30-2)11-7-17)14-12-20(21)23(26-22)16-4-8-18(28)9-5-16/h4-11,28H,3,12-15H2,1-2H3. The Balaban J connectivity index is 1.63. The van der Waals surface area contributed by atoms with E-state index in [9.17, 15) is 9.90 Å². The molecular weight excluding hydrogens is 378 g/mol. The number of ether oxygens (including phenoxy) is 1. The molecule has 0 aliphatic carbocycles. The third-order valence-electron chi connectivity index (χ3n) is 5.47. The fourth-order valence-corrected chi connectivity index (χ4v) is 3.79. The van der Waals surface area contributed by atoms with E-state index in [1.54, 1.807) is 31.4 Å². The van der Waals surface area contributed by atoms with E-state index in [1.807, 2.05) is 36.1 Å². The average Bonchev–Trinajstić information content (AvgIpc) is 3.01. The Morgan fingerprint density at radius 2 is 1.73 bits per heavy atom. The molecule has 3 aromatic rings. The summed E-state index contributed by atoms with van der Waals surface area (Å²) in [6.07, 6.45) is 2.13. The second-order valence-electron chi connectivity index (χ2n) is 7.33. The van der Waals surface area contributed by atoms with Gasteiger partial charge < -0.3 is 14.7 Å². The molecule has 1 aromatic heterocycles.